The first-order chi connectivity index (χ1) is 6.19. The van der Waals surface area contributed by atoms with E-state index in [9.17, 15) is 4.39 Å². The van der Waals surface area contributed by atoms with Crippen LogP contribution in [0.4, 0.5) is 4.39 Å². The van der Waals surface area contributed by atoms with E-state index in [-0.39, 0.29) is 12.4 Å². The second-order valence-corrected chi connectivity index (χ2v) is 2.74. The molecule has 0 saturated carbocycles. The smallest absolute Gasteiger partial charge is 0.132 e. The van der Waals surface area contributed by atoms with Crippen LogP contribution in [0.3, 0.4) is 0 Å². The molecule has 0 atom stereocenters. The molecule has 0 aromatic heterocycles. The van der Waals surface area contributed by atoms with E-state index in [1.165, 1.54) is 13.2 Å². The quantitative estimate of drug-likeness (QED) is 0.726. The van der Waals surface area contributed by atoms with Crippen LogP contribution in [-0.4, -0.2) is 7.11 Å². The van der Waals surface area contributed by atoms with Crippen LogP contribution in [0, 0.1) is 12.7 Å². The van der Waals surface area contributed by atoms with E-state index < -0.39 is 0 Å². The zero-order valence-corrected chi connectivity index (χ0v) is 7.63. The molecular weight excluding hydrogens is 173 g/mol. The molecule has 0 radical (unpaired) electrons. The van der Waals surface area contributed by atoms with E-state index in [0.717, 1.165) is 5.56 Å². The first kappa shape index (κ1) is 9.95. The van der Waals surface area contributed by atoms with Crippen LogP contribution < -0.4 is 10.6 Å². The average molecular weight is 185 g/mol. The monoisotopic (exact) mass is 185 g/mol. The third kappa shape index (κ3) is 2.17. The zero-order valence-electron chi connectivity index (χ0n) is 7.63. The first-order valence-corrected chi connectivity index (χ1v) is 3.83. The van der Waals surface area contributed by atoms with Crippen molar-refractivity contribution < 1.29 is 14.0 Å². The fourth-order valence-corrected chi connectivity index (χ4v) is 1.15. The molecule has 0 aliphatic carbocycles. The highest BCUT2D eigenvalue weighted by molar-refractivity contribution is 5.37. The molecule has 0 saturated heterocycles. The Morgan fingerprint density at radius 1 is 1.46 bits per heavy atom. The largest absolute Gasteiger partial charge is 0.496 e. The molecule has 4 heteroatoms. The predicted octanol–water partition coefficient (Wildman–Crippen LogP) is 1.53. The Morgan fingerprint density at radius 2 is 2.15 bits per heavy atom. The van der Waals surface area contributed by atoms with E-state index in [4.69, 9.17) is 10.6 Å². The molecule has 0 amide bonds. The van der Waals surface area contributed by atoms with Crippen LogP contribution in [-0.2, 0) is 11.4 Å². The normalized spacial score (nSPS) is 10.2. The number of aryl methyl sites for hydroxylation is 1. The number of nitrogens with two attached hydrogens (primary N) is 1. The lowest BCUT2D eigenvalue weighted by Crippen LogP contribution is -2.04. The minimum absolute atomic E-state index is 0.00921. The highest BCUT2D eigenvalue weighted by Crippen LogP contribution is 2.23. The molecule has 3 nitrogen and oxygen atoms in total. The zero-order chi connectivity index (χ0) is 9.84. The van der Waals surface area contributed by atoms with Crippen molar-refractivity contribution in [1.82, 2.24) is 0 Å². The summed E-state index contributed by atoms with van der Waals surface area (Å²) in [5.74, 6) is 4.97. The van der Waals surface area contributed by atoms with Crippen LogP contribution in [0.15, 0.2) is 12.1 Å². The Kier molecular flexibility index (Phi) is 3.22. The molecule has 0 heterocycles. The van der Waals surface area contributed by atoms with Gasteiger partial charge in [-0.25, -0.2) is 10.3 Å². The number of methoxy groups -OCH3 is 1. The van der Waals surface area contributed by atoms with Crippen molar-refractivity contribution in [2.24, 2.45) is 5.90 Å². The van der Waals surface area contributed by atoms with Gasteiger partial charge in [-0.1, -0.05) is 0 Å². The maximum atomic E-state index is 13.3. The van der Waals surface area contributed by atoms with E-state index in [2.05, 4.69) is 4.84 Å². The highest BCUT2D eigenvalue weighted by Gasteiger charge is 2.09. The van der Waals surface area contributed by atoms with Crippen molar-refractivity contribution in [3.8, 4) is 5.75 Å². The highest BCUT2D eigenvalue weighted by atomic mass is 19.1. The van der Waals surface area contributed by atoms with Gasteiger partial charge in [-0.3, -0.25) is 4.84 Å². The third-order valence-corrected chi connectivity index (χ3v) is 1.75. The molecule has 0 spiro atoms. The van der Waals surface area contributed by atoms with E-state index in [1.807, 2.05) is 0 Å². The van der Waals surface area contributed by atoms with Gasteiger partial charge in [0.05, 0.1) is 19.3 Å². The van der Waals surface area contributed by atoms with Crippen LogP contribution in [0.1, 0.15) is 11.1 Å². The number of benzene rings is 1. The molecular formula is C9H12FNO2. The van der Waals surface area contributed by atoms with E-state index in [0.29, 0.717) is 11.3 Å². The lowest BCUT2D eigenvalue weighted by Gasteiger charge is -2.09. The van der Waals surface area contributed by atoms with Crippen LogP contribution in [0.5, 0.6) is 5.75 Å². The Balaban J connectivity index is 3.13. The van der Waals surface area contributed by atoms with Crippen molar-refractivity contribution >= 4 is 0 Å². The van der Waals surface area contributed by atoms with Crippen LogP contribution in [0.2, 0.25) is 0 Å². The maximum Gasteiger partial charge on any atom is 0.132 e. The lowest BCUT2D eigenvalue weighted by molar-refractivity contribution is 0.119. The van der Waals surface area contributed by atoms with E-state index in [1.54, 1.807) is 13.0 Å². The maximum absolute atomic E-state index is 13.3. The standard InChI is InChI=1S/C9H12FNO2/c1-6-3-8(10)7(5-13-11)9(4-6)12-2/h3-4H,5,11H2,1-2H3. The lowest BCUT2D eigenvalue weighted by atomic mass is 10.1. The summed E-state index contributed by atoms with van der Waals surface area (Å²) >= 11 is 0. The minimum atomic E-state index is -0.359. The van der Waals surface area contributed by atoms with Gasteiger partial charge in [-0.15, -0.1) is 0 Å². The van der Waals surface area contributed by atoms with Gasteiger partial charge in [0.15, 0.2) is 0 Å². The van der Waals surface area contributed by atoms with Gasteiger partial charge < -0.3 is 4.74 Å². The van der Waals surface area contributed by atoms with Crippen molar-refractivity contribution in [3.05, 3.63) is 29.1 Å². The summed E-state index contributed by atoms with van der Waals surface area (Å²) in [4.78, 5) is 4.37. The summed E-state index contributed by atoms with van der Waals surface area (Å²) in [6.07, 6.45) is 0. The fraction of sp³-hybridized carbons (Fsp3) is 0.333. The van der Waals surface area contributed by atoms with E-state index >= 15 is 0 Å². The average Bonchev–Trinajstić information content (AvgIpc) is 2.09. The summed E-state index contributed by atoms with van der Waals surface area (Å²) in [6.45, 7) is 1.80. The van der Waals surface area contributed by atoms with Crippen molar-refractivity contribution in [2.45, 2.75) is 13.5 Å². The first-order valence-electron chi connectivity index (χ1n) is 3.83. The van der Waals surface area contributed by atoms with Gasteiger partial charge in [0.2, 0.25) is 0 Å². The fourth-order valence-electron chi connectivity index (χ4n) is 1.15. The molecule has 1 rings (SSSR count). The Hall–Kier alpha value is -1.13. The second kappa shape index (κ2) is 4.20. The molecule has 0 unspecified atom stereocenters. The molecule has 0 aliphatic rings. The summed E-state index contributed by atoms with van der Waals surface area (Å²) < 4.78 is 18.3. The number of rotatable bonds is 3. The Labute approximate surface area is 76.2 Å². The third-order valence-electron chi connectivity index (χ3n) is 1.75. The topological polar surface area (TPSA) is 44.5 Å². The second-order valence-electron chi connectivity index (χ2n) is 2.74. The van der Waals surface area contributed by atoms with Gasteiger partial charge in [-0.05, 0) is 24.6 Å². The minimum Gasteiger partial charge on any atom is -0.496 e. The van der Waals surface area contributed by atoms with Gasteiger partial charge >= 0.3 is 0 Å². The van der Waals surface area contributed by atoms with Gasteiger partial charge in [-0.2, -0.15) is 0 Å². The van der Waals surface area contributed by atoms with Gasteiger partial charge in [0, 0.05) is 0 Å². The molecule has 72 valence electrons. The van der Waals surface area contributed by atoms with Gasteiger partial charge in [0.1, 0.15) is 11.6 Å². The SMILES string of the molecule is COc1cc(C)cc(F)c1CON. The van der Waals surface area contributed by atoms with Crippen molar-refractivity contribution in [3.63, 3.8) is 0 Å². The molecule has 1 aromatic carbocycles. The molecule has 0 bridgehead atoms. The van der Waals surface area contributed by atoms with Crippen LogP contribution in [0.25, 0.3) is 0 Å². The number of hydrogen-bond donors (Lipinski definition) is 1. The molecule has 1 aromatic rings. The summed E-state index contributed by atoms with van der Waals surface area (Å²) in [5.41, 5.74) is 1.14. The summed E-state index contributed by atoms with van der Waals surface area (Å²) in [7, 11) is 1.48. The molecule has 2 N–H and O–H groups in total. The molecule has 0 aliphatic heterocycles. The van der Waals surface area contributed by atoms with Crippen molar-refractivity contribution in [1.29, 1.82) is 0 Å². The Bertz CT molecular complexity index is 302. The predicted molar refractivity (Wildman–Crippen MR) is 46.7 cm³/mol. The van der Waals surface area contributed by atoms with Crippen molar-refractivity contribution in [2.75, 3.05) is 7.11 Å². The number of hydrogen-bond acceptors (Lipinski definition) is 3. The van der Waals surface area contributed by atoms with Gasteiger partial charge in [0.25, 0.3) is 0 Å². The number of halogens is 1. The van der Waals surface area contributed by atoms with Crippen LogP contribution >= 0.6 is 0 Å². The summed E-state index contributed by atoms with van der Waals surface area (Å²) in [6, 6.07) is 3.15. The molecule has 13 heavy (non-hydrogen) atoms. The Morgan fingerprint density at radius 3 is 2.69 bits per heavy atom. The summed E-state index contributed by atoms with van der Waals surface area (Å²) in [5, 5.41) is 0. The molecule has 0 fully saturated rings. The number of ether oxygens (including phenoxy) is 1.